The van der Waals surface area contributed by atoms with Crippen molar-refractivity contribution in [2.45, 2.75) is 25.2 Å². The molecular formula is C22H23FN2O4. The van der Waals surface area contributed by atoms with Gasteiger partial charge in [0, 0.05) is 43.6 Å². The Balaban J connectivity index is 1.31. The van der Waals surface area contributed by atoms with Crippen molar-refractivity contribution >= 4 is 11.8 Å². The van der Waals surface area contributed by atoms with Crippen LogP contribution in [0.2, 0.25) is 0 Å². The highest BCUT2D eigenvalue weighted by Crippen LogP contribution is 2.31. The first-order valence-electron chi connectivity index (χ1n) is 9.75. The number of hydrogen-bond donors (Lipinski definition) is 1. The van der Waals surface area contributed by atoms with Gasteiger partial charge < -0.3 is 19.7 Å². The molecule has 0 saturated carbocycles. The molecule has 0 unspecified atom stereocenters. The molecule has 6 nitrogen and oxygen atoms in total. The van der Waals surface area contributed by atoms with Crippen molar-refractivity contribution in [1.82, 2.24) is 10.2 Å². The molecule has 2 aliphatic rings. The van der Waals surface area contributed by atoms with Crippen LogP contribution in [0.3, 0.4) is 0 Å². The lowest BCUT2D eigenvalue weighted by Crippen LogP contribution is -2.47. The normalized spacial score (nSPS) is 18.0. The molecule has 0 radical (unpaired) electrons. The van der Waals surface area contributed by atoms with Crippen molar-refractivity contribution in [2.75, 3.05) is 26.3 Å². The molecular weight excluding hydrogens is 375 g/mol. The molecule has 2 fully saturated rings. The van der Waals surface area contributed by atoms with Gasteiger partial charge in [0.05, 0.1) is 13.2 Å². The Kier molecular flexibility index (Phi) is 5.60. The molecule has 2 heterocycles. The summed E-state index contributed by atoms with van der Waals surface area (Å²) in [5, 5.41) is 2.79. The van der Waals surface area contributed by atoms with E-state index in [0.717, 1.165) is 5.56 Å². The molecule has 2 aliphatic heterocycles. The molecule has 2 aromatic carbocycles. The van der Waals surface area contributed by atoms with Gasteiger partial charge >= 0.3 is 0 Å². The number of ether oxygens (including phenoxy) is 2. The molecule has 2 aromatic rings. The van der Waals surface area contributed by atoms with Gasteiger partial charge in [0.25, 0.3) is 11.8 Å². The van der Waals surface area contributed by atoms with Crippen molar-refractivity contribution in [3.8, 4) is 0 Å². The van der Waals surface area contributed by atoms with E-state index in [9.17, 15) is 14.0 Å². The van der Waals surface area contributed by atoms with Crippen molar-refractivity contribution in [1.29, 1.82) is 0 Å². The van der Waals surface area contributed by atoms with Crippen molar-refractivity contribution in [3.63, 3.8) is 0 Å². The molecule has 2 amide bonds. The summed E-state index contributed by atoms with van der Waals surface area (Å²) in [6.07, 6.45) is 1.34. The number of rotatable bonds is 4. The van der Waals surface area contributed by atoms with E-state index in [2.05, 4.69) is 5.32 Å². The van der Waals surface area contributed by atoms with E-state index in [-0.39, 0.29) is 17.6 Å². The van der Waals surface area contributed by atoms with E-state index in [1.807, 2.05) is 0 Å². The molecule has 0 atom stereocenters. The molecule has 0 aliphatic carbocycles. The number of nitrogens with one attached hydrogen (secondary N) is 1. The number of benzene rings is 2. The monoisotopic (exact) mass is 398 g/mol. The number of nitrogens with zero attached hydrogens (tertiary/aromatic N) is 1. The number of carbonyl (C=O) groups excluding carboxylic acids is 2. The lowest BCUT2D eigenvalue weighted by molar-refractivity contribution is -0.181. The standard InChI is InChI=1S/C22H23FN2O4/c23-19-7-1-16(2-8-19)15-24-20(26)17-3-5-18(6-4-17)21(27)25-11-9-22(10-12-25)28-13-14-29-22/h1-8H,9-15H2,(H,24,26). The van der Waals surface area contributed by atoms with Crippen LogP contribution in [0.5, 0.6) is 0 Å². The summed E-state index contributed by atoms with van der Waals surface area (Å²) in [5.41, 5.74) is 1.82. The molecule has 0 bridgehead atoms. The highest BCUT2D eigenvalue weighted by atomic mass is 19.1. The average molecular weight is 398 g/mol. The lowest BCUT2D eigenvalue weighted by Gasteiger charge is -2.37. The predicted octanol–water partition coefficient (Wildman–Crippen LogP) is 2.73. The first-order valence-corrected chi connectivity index (χ1v) is 9.75. The van der Waals surface area contributed by atoms with Crippen molar-refractivity contribution in [2.24, 2.45) is 0 Å². The van der Waals surface area contributed by atoms with E-state index < -0.39 is 5.79 Å². The first-order chi connectivity index (χ1) is 14.0. The van der Waals surface area contributed by atoms with Crippen LogP contribution in [0.15, 0.2) is 48.5 Å². The van der Waals surface area contributed by atoms with Gasteiger partial charge in [-0.3, -0.25) is 9.59 Å². The Labute approximate surface area is 168 Å². The third-order valence-corrected chi connectivity index (χ3v) is 5.39. The zero-order chi connectivity index (χ0) is 20.3. The predicted molar refractivity (Wildman–Crippen MR) is 104 cm³/mol. The second-order valence-electron chi connectivity index (χ2n) is 7.29. The van der Waals surface area contributed by atoms with Gasteiger partial charge in [-0.1, -0.05) is 12.1 Å². The third-order valence-electron chi connectivity index (χ3n) is 5.39. The third kappa shape index (κ3) is 4.46. The smallest absolute Gasteiger partial charge is 0.253 e. The quantitative estimate of drug-likeness (QED) is 0.860. The second-order valence-corrected chi connectivity index (χ2v) is 7.29. The minimum Gasteiger partial charge on any atom is -0.348 e. The van der Waals surface area contributed by atoms with Gasteiger partial charge in [0.2, 0.25) is 0 Å². The van der Waals surface area contributed by atoms with E-state index in [0.29, 0.717) is 56.8 Å². The number of carbonyl (C=O) groups is 2. The molecule has 0 aromatic heterocycles. The Morgan fingerprint density at radius 2 is 1.52 bits per heavy atom. The van der Waals surface area contributed by atoms with Crippen LogP contribution in [-0.4, -0.2) is 48.8 Å². The van der Waals surface area contributed by atoms with E-state index >= 15 is 0 Å². The van der Waals surface area contributed by atoms with Crippen LogP contribution in [0.1, 0.15) is 39.1 Å². The maximum Gasteiger partial charge on any atom is 0.253 e. The highest BCUT2D eigenvalue weighted by Gasteiger charge is 2.40. The average Bonchev–Trinajstić information content (AvgIpc) is 3.21. The zero-order valence-electron chi connectivity index (χ0n) is 16.0. The lowest BCUT2D eigenvalue weighted by atomic mass is 10.0. The van der Waals surface area contributed by atoms with Crippen LogP contribution in [0.25, 0.3) is 0 Å². The maximum absolute atomic E-state index is 12.9. The Morgan fingerprint density at radius 1 is 0.931 bits per heavy atom. The zero-order valence-corrected chi connectivity index (χ0v) is 16.0. The number of amides is 2. The molecule has 4 rings (SSSR count). The Morgan fingerprint density at radius 3 is 2.14 bits per heavy atom. The van der Waals surface area contributed by atoms with Crippen LogP contribution in [-0.2, 0) is 16.0 Å². The van der Waals surface area contributed by atoms with Crippen LogP contribution in [0.4, 0.5) is 4.39 Å². The minimum absolute atomic E-state index is 0.0592. The van der Waals surface area contributed by atoms with Crippen LogP contribution in [0, 0.1) is 5.82 Å². The fraction of sp³-hybridized carbons (Fsp3) is 0.364. The summed E-state index contributed by atoms with van der Waals surface area (Å²) < 4.78 is 24.3. The molecule has 2 saturated heterocycles. The van der Waals surface area contributed by atoms with Gasteiger partial charge in [0.1, 0.15) is 5.82 Å². The van der Waals surface area contributed by atoms with Crippen LogP contribution >= 0.6 is 0 Å². The summed E-state index contributed by atoms with van der Waals surface area (Å²) in [6.45, 7) is 2.69. The summed E-state index contributed by atoms with van der Waals surface area (Å²) in [6, 6.07) is 12.6. The minimum atomic E-state index is -0.511. The number of hydrogen-bond acceptors (Lipinski definition) is 4. The molecule has 29 heavy (non-hydrogen) atoms. The fourth-order valence-electron chi connectivity index (χ4n) is 3.67. The molecule has 1 spiro atoms. The van der Waals surface area contributed by atoms with E-state index in [1.54, 1.807) is 41.3 Å². The van der Waals surface area contributed by atoms with Gasteiger partial charge in [-0.05, 0) is 42.0 Å². The second kappa shape index (κ2) is 8.31. The van der Waals surface area contributed by atoms with Gasteiger partial charge in [-0.25, -0.2) is 4.39 Å². The maximum atomic E-state index is 12.9. The van der Waals surface area contributed by atoms with E-state index in [1.165, 1.54) is 12.1 Å². The highest BCUT2D eigenvalue weighted by molar-refractivity contribution is 5.97. The van der Waals surface area contributed by atoms with Gasteiger partial charge in [0.15, 0.2) is 5.79 Å². The topological polar surface area (TPSA) is 67.9 Å². The summed E-state index contributed by atoms with van der Waals surface area (Å²) in [5.74, 6) is -1.13. The fourth-order valence-corrected chi connectivity index (χ4v) is 3.67. The summed E-state index contributed by atoms with van der Waals surface area (Å²) in [4.78, 5) is 26.8. The van der Waals surface area contributed by atoms with Crippen LogP contribution < -0.4 is 5.32 Å². The summed E-state index contributed by atoms with van der Waals surface area (Å²) >= 11 is 0. The van der Waals surface area contributed by atoms with Crippen molar-refractivity contribution in [3.05, 3.63) is 71.0 Å². The number of halogens is 1. The van der Waals surface area contributed by atoms with E-state index in [4.69, 9.17) is 9.47 Å². The largest absolute Gasteiger partial charge is 0.348 e. The Hall–Kier alpha value is -2.77. The van der Waals surface area contributed by atoms with Crippen molar-refractivity contribution < 1.29 is 23.5 Å². The molecule has 1 N–H and O–H groups in total. The Bertz CT molecular complexity index is 867. The molecule has 7 heteroatoms. The van der Waals surface area contributed by atoms with Gasteiger partial charge in [-0.15, -0.1) is 0 Å². The van der Waals surface area contributed by atoms with Gasteiger partial charge in [-0.2, -0.15) is 0 Å². The first kappa shape index (κ1) is 19.5. The number of piperidine rings is 1. The number of likely N-dealkylation sites (tertiary alicyclic amines) is 1. The molecule has 152 valence electrons. The summed E-state index contributed by atoms with van der Waals surface area (Å²) in [7, 11) is 0. The SMILES string of the molecule is O=C(NCc1ccc(F)cc1)c1ccc(C(=O)N2CCC3(CC2)OCCO3)cc1.